The van der Waals surface area contributed by atoms with E-state index in [1.54, 1.807) is 17.3 Å². The molecular weight excluding hydrogens is 300 g/mol. The van der Waals surface area contributed by atoms with Crippen molar-refractivity contribution in [2.45, 2.75) is 37.0 Å². The lowest BCUT2D eigenvalue weighted by Crippen LogP contribution is -2.31. The van der Waals surface area contributed by atoms with Gasteiger partial charge in [0.15, 0.2) is 0 Å². The smallest absolute Gasteiger partial charge is 0.233 e. The molecule has 1 unspecified atom stereocenters. The Kier molecular flexibility index (Phi) is 4.37. The third kappa shape index (κ3) is 3.27. The fraction of sp³-hybridized carbons (Fsp3) is 0.500. The predicted octanol–water partition coefficient (Wildman–Crippen LogP) is 1.71. The van der Waals surface area contributed by atoms with Gasteiger partial charge in [-0.05, 0) is 41.8 Å². The fourth-order valence-corrected chi connectivity index (χ4v) is 2.99. The SMILES string of the molecule is CC(c1cccnc1)N(C)C(=O)CSc1nnnn1C1CC1. The van der Waals surface area contributed by atoms with Gasteiger partial charge in [-0.3, -0.25) is 9.78 Å². The number of pyridine rings is 1. The van der Waals surface area contributed by atoms with Crippen LogP contribution in [0.5, 0.6) is 0 Å². The van der Waals surface area contributed by atoms with Crippen LogP contribution in [0.25, 0.3) is 0 Å². The van der Waals surface area contributed by atoms with E-state index >= 15 is 0 Å². The third-order valence-corrected chi connectivity index (χ3v) is 4.74. The van der Waals surface area contributed by atoms with Crippen LogP contribution >= 0.6 is 11.8 Å². The number of carbonyl (C=O) groups is 1. The Morgan fingerprint density at radius 3 is 3.05 bits per heavy atom. The van der Waals surface area contributed by atoms with Crippen LogP contribution < -0.4 is 0 Å². The van der Waals surface area contributed by atoms with E-state index in [0.717, 1.165) is 23.6 Å². The van der Waals surface area contributed by atoms with E-state index in [0.29, 0.717) is 11.8 Å². The van der Waals surface area contributed by atoms with E-state index < -0.39 is 0 Å². The first kappa shape index (κ1) is 15.0. The summed E-state index contributed by atoms with van der Waals surface area (Å²) in [4.78, 5) is 18.2. The van der Waals surface area contributed by atoms with Crippen molar-refractivity contribution in [2.24, 2.45) is 0 Å². The van der Waals surface area contributed by atoms with Gasteiger partial charge in [0, 0.05) is 19.4 Å². The molecule has 1 aliphatic rings. The Morgan fingerprint density at radius 2 is 2.36 bits per heavy atom. The van der Waals surface area contributed by atoms with Crippen molar-refractivity contribution >= 4 is 17.7 Å². The Bertz CT molecular complexity index is 642. The highest BCUT2D eigenvalue weighted by atomic mass is 32.2. The molecule has 0 N–H and O–H groups in total. The van der Waals surface area contributed by atoms with Crippen molar-refractivity contribution in [1.29, 1.82) is 0 Å². The number of hydrogen-bond acceptors (Lipinski definition) is 6. The Labute approximate surface area is 133 Å². The summed E-state index contributed by atoms with van der Waals surface area (Å²) in [5.74, 6) is 0.375. The van der Waals surface area contributed by atoms with Crippen LogP contribution in [0.15, 0.2) is 29.7 Å². The standard InChI is InChI=1S/C14H18N6OS/c1-10(11-4-3-7-15-8-11)19(2)13(21)9-22-14-16-17-18-20(14)12-5-6-12/h3-4,7-8,10,12H,5-6,9H2,1-2H3. The minimum absolute atomic E-state index is 0.0128. The molecule has 8 heteroatoms. The molecule has 2 aromatic rings. The molecule has 7 nitrogen and oxygen atoms in total. The molecule has 1 saturated carbocycles. The summed E-state index contributed by atoms with van der Waals surface area (Å²) >= 11 is 1.39. The molecule has 0 aliphatic heterocycles. The molecule has 1 aliphatic carbocycles. The maximum absolute atomic E-state index is 12.4. The van der Waals surface area contributed by atoms with Crippen molar-refractivity contribution in [2.75, 3.05) is 12.8 Å². The van der Waals surface area contributed by atoms with Crippen molar-refractivity contribution in [3.63, 3.8) is 0 Å². The lowest BCUT2D eigenvalue weighted by Gasteiger charge is -2.24. The van der Waals surface area contributed by atoms with Gasteiger partial charge in [0.05, 0.1) is 17.8 Å². The first-order chi connectivity index (χ1) is 10.7. The van der Waals surface area contributed by atoms with Gasteiger partial charge in [0.25, 0.3) is 0 Å². The summed E-state index contributed by atoms with van der Waals surface area (Å²) in [7, 11) is 1.81. The highest BCUT2D eigenvalue weighted by Crippen LogP contribution is 2.36. The van der Waals surface area contributed by atoms with Gasteiger partial charge in [-0.25, -0.2) is 4.68 Å². The summed E-state index contributed by atoms with van der Waals surface area (Å²) in [6, 6.07) is 4.26. The zero-order valence-corrected chi connectivity index (χ0v) is 13.4. The maximum atomic E-state index is 12.4. The van der Waals surface area contributed by atoms with Crippen LogP contribution in [-0.2, 0) is 4.79 Å². The molecule has 1 amide bonds. The normalized spacial score (nSPS) is 15.5. The summed E-state index contributed by atoms with van der Waals surface area (Å²) in [6.45, 7) is 1.99. The second kappa shape index (κ2) is 6.43. The number of carbonyl (C=O) groups excluding carboxylic acids is 1. The topological polar surface area (TPSA) is 76.8 Å². The fourth-order valence-electron chi connectivity index (χ4n) is 2.12. The van der Waals surface area contributed by atoms with Gasteiger partial charge in [-0.1, -0.05) is 17.8 Å². The molecule has 1 fully saturated rings. The number of rotatable bonds is 6. The second-order valence-corrected chi connectivity index (χ2v) is 6.34. The number of thioether (sulfide) groups is 1. The van der Waals surface area contributed by atoms with Gasteiger partial charge in [0.1, 0.15) is 0 Å². The minimum atomic E-state index is -0.0128. The lowest BCUT2D eigenvalue weighted by atomic mass is 10.1. The molecule has 0 bridgehead atoms. The van der Waals surface area contributed by atoms with E-state index in [1.165, 1.54) is 11.8 Å². The molecule has 0 spiro atoms. The van der Waals surface area contributed by atoms with Crippen LogP contribution in [0.3, 0.4) is 0 Å². The predicted molar refractivity (Wildman–Crippen MR) is 82.2 cm³/mol. The van der Waals surface area contributed by atoms with Crippen LogP contribution in [0, 0.1) is 0 Å². The first-order valence-electron chi connectivity index (χ1n) is 7.23. The van der Waals surface area contributed by atoms with Crippen molar-refractivity contribution < 1.29 is 4.79 Å². The highest BCUT2D eigenvalue weighted by Gasteiger charge is 2.28. The Balaban J connectivity index is 1.58. The van der Waals surface area contributed by atoms with Crippen LogP contribution in [0.1, 0.15) is 37.4 Å². The number of hydrogen-bond donors (Lipinski definition) is 0. The molecular formula is C14H18N6OS. The van der Waals surface area contributed by atoms with Gasteiger partial charge < -0.3 is 4.90 Å². The quantitative estimate of drug-likeness (QED) is 0.755. The molecule has 0 radical (unpaired) electrons. The lowest BCUT2D eigenvalue weighted by molar-refractivity contribution is -0.128. The van der Waals surface area contributed by atoms with Gasteiger partial charge in [-0.2, -0.15) is 0 Å². The Hall–Kier alpha value is -1.96. The number of amides is 1. The molecule has 2 aromatic heterocycles. The minimum Gasteiger partial charge on any atom is -0.338 e. The van der Waals surface area contributed by atoms with Gasteiger partial charge >= 0.3 is 0 Å². The molecule has 22 heavy (non-hydrogen) atoms. The van der Waals surface area contributed by atoms with E-state index in [2.05, 4.69) is 20.5 Å². The zero-order chi connectivity index (χ0) is 15.5. The largest absolute Gasteiger partial charge is 0.338 e. The summed E-state index contributed by atoms with van der Waals surface area (Å²) in [5, 5.41) is 12.4. The van der Waals surface area contributed by atoms with Gasteiger partial charge in [-0.15, -0.1) is 5.10 Å². The number of aromatic nitrogens is 5. The summed E-state index contributed by atoms with van der Waals surface area (Å²) in [6.07, 6.45) is 5.75. The molecule has 2 heterocycles. The molecule has 116 valence electrons. The summed E-state index contributed by atoms with van der Waals surface area (Å²) < 4.78 is 1.82. The third-order valence-electron chi connectivity index (χ3n) is 3.82. The van der Waals surface area contributed by atoms with E-state index in [1.807, 2.05) is 30.8 Å². The monoisotopic (exact) mass is 318 g/mol. The van der Waals surface area contributed by atoms with Gasteiger partial charge in [0.2, 0.25) is 11.1 Å². The number of nitrogens with zero attached hydrogens (tertiary/aromatic N) is 6. The molecule has 1 atom stereocenters. The number of tetrazole rings is 1. The average molecular weight is 318 g/mol. The van der Waals surface area contributed by atoms with E-state index in [4.69, 9.17) is 0 Å². The molecule has 0 aromatic carbocycles. The van der Waals surface area contributed by atoms with E-state index in [9.17, 15) is 4.79 Å². The van der Waals surface area contributed by atoms with Crippen molar-refractivity contribution in [3.8, 4) is 0 Å². The second-order valence-electron chi connectivity index (χ2n) is 5.39. The first-order valence-corrected chi connectivity index (χ1v) is 8.21. The van der Waals surface area contributed by atoms with Crippen LogP contribution in [0.4, 0.5) is 0 Å². The zero-order valence-electron chi connectivity index (χ0n) is 12.6. The average Bonchev–Trinajstić information content (AvgIpc) is 3.30. The maximum Gasteiger partial charge on any atom is 0.233 e. The highest BCUT2D eigenvalue weighted by molar-refractivity contribution is 7.99. The molecule has 3 rings (SSSR count). The van der Waals surface area contributed by atoms with Crippen LogP contribution in [-0.4, -0.2) is 48.8 Å². The van der Waals surface area contributed by atoms with Crippen LogP contribution in [0.2, 0.25) is 0 Å². The summed E-state index contributed by atoms with van der Waals surface area (Å²) in [5.41, 5.74) is 1.02. The van der Waals surface area contributed by atoms with E-state index in [-0.39, 0.29) is 11.9 Å². The van der Waals surface area contributed by atoms with Crippen molar-refractivity contribution in [3.05, 3.63) is 30.1 Å². The van der Waals surface area contributed by atoms with Crippen molar-refractivity contribution in [1.82, 2.24) is 30.1 Å². The molecule has 0 saturated heterocycles. The Morgan fingerprint density at radius 1 is 1.55 bits per heavy atom.